The van der Waals surface area contributed by atoms with Crippen molar-refractivity contribution in [2.75, 3.05) is 12.4 Å². The number of alkyl halides is 3. The van der Waals surface area contributed by atoms with E-state index in [2.05, 4.69) is 21.2 Å². The summed E-state index contributed by atoms with van der Waals surface area (Å²) >= 11 is 3.44. The van der Waals surface area contributed by atoms with E-state index in [0.29, 0.717) is 28.1 Å². The van der Waals surface area contributed by atoms with Gasteiger partial charge in [-0.05, 0) is 57.4 Å². The van der Waals surface area contributed by atoms with Crippen LogP contribution in [0.2, 0.25) is 0 Å². The summed E-state index contributed by atoms with van der Waals surface area (Å²) in [5, 5.41) is 2.27. The number of methoxy groups -OCH3 is 1. The van der Waals surface area contributed by atoms with Gasteiger partial charge in [0.15, 0.2) is 11.5 Å². The summed E-state index contributed by atoms with van der Waals surface area (Å²) in [6.07, 6.45) is -1.94. The number of hydrogen-bond acceptors (Lipinski definition) is 3. The Morgan fingerprint density at radius 3 is 2.44 bits per heavy atom. The molecule has 32 heavy (non-hydrogen) atoms. The van der Waals surface area contributed by atoms with Gasteiger partial charge in [0.05, 0.1) is 22.8 Å². The van der Waals surface area contributed by atoms with Gasteiger partial charge >= 0.3 is 6.18 Å². The zero-order valence-electron chi connectivity index (χ0n) is 16.9. The summed E-state index contributed by atoms with van der Waals surface area (Å²) in [6.45, 7) is 0.339. The number of benzene rings is 3. The molecule has 0 aliphatic carbocycles. The van der Waals surface area contributed by atoms with Crippen LogP contribution < -0.4 is 14.8 Å². The van der Waals surface area contributed by atoms with Crippen molar-refractivity contribution < 1.29 is 27.4 Å². The maximum absolute atomic E-state index is 13.1. The predicted molar refractivity (Wildman–Crippen MR) is 121 cm³/mol. The predicted octanol–water partition coefficient (Wildman–Crippen LogP) is 6.71. The zero-order chi connectivity index (χ0) is 23.1. The molecule has 8 heteroatoms. The second-order valence-corrected chi connectivity index (χ2v) is 7.53. The smallest absolute Gasteiger partial charge is 0.418 e. The van der Waals surface area contributed by atoms with Crippen molar-refractivity contribution in [2.24, 2.45) is 0 Å². The number of rotatable bonds is 7. The summed E-state index contributed by atoms with van der Waals surface area (Å²) in [6, 6.07) is 17.8. The summed E-state index contributed by atoms with van der Waals surface area (Å²) in [4.78, 5) is 12.2. The van der Waals surface area contributed by atoms with Crippen LogP contribution in [0.1, 0.15) is 16.7 Å². The average molecular weight is 506 g/mol. The molecule has 0 saturated carbocycles. The number of amides is 1. The summed E-state index contributed by atoms with van der Waals surface area (Å²) < 4.78 is 51.1. The van der Waals surface area contributed by atoms with Gasteiger partial charge in [0.25, 0.3) is 0 Å². The Kier molecular flexibility index (Phi) is 7.58. The van der Waals surface area contributed by atoms with Gasteiger partial charge in [-0.1, -0.05) is 42.5 Å². The van der Waals surface area contributed by atoms with Gasteiger partial charge < -0.3 is 14.8 Å². The molecule has 0 heterocycles. The Labute approximate surface area is 191 Å². The lowest BCUT2D eigenvalue weighted by Gasteiger charge is -2.14. The third-order valence-corrected chi connectivity index (χ3v) is 4.98. The van der Waals surface area contributed by atoms with E-state index in [1.54, 1.807) is 12.1 Å². The number of para-hydroxylation sites is 1. The average Bonchev–Trinajstić information content (AvgIpc) is 2.77. The van der Waals surface area contributed by atoms with Crippen molar-refractivity contribution in [3.8, 4) is 11.5 Å². The lowest BCUT2D eigenvalue weighted by atomic mass is 10.1. The SMILES string of the molecule is COc1cc(C=CC(=O)Nc2ccccc2C(F)(F)F)cc(Br)c1OCc1ccccc1. The first kappa shape index (κ1) is 23.4. The van der Waals surface area contributed by atoms with Crippen molar-refractivity contribution in [1.29, 1.82) is 0 Å². The Balaban J connectivity index is 1.73. The Morgan fingerprint density at radius 2 is 1.75 bits per heavy atom. The molecule has 1 N–H and O–H groups in total. The fourth-order valence-corrected chi connectivity index (χ4v) is 3.47. The molecule has 0 unspecified atom stereocenters. The molecule has 0 radical (unpaired) electrons. The molecule has 3 aromatic rings. The number of anilines is 1. The Morgan fingerprint density at radius 1 is 1.06 bits per heavy atom. The van der Waals surface area contributed by atoms with Crippen LogP contribution in [0.25, 0.3) is 6.08 Å². The molecule has 0 aliphatic heterocycles. The highest BCUT2D eigenvalue weighted by atomic mass is 79.9. The molecule has 0 bridgehead atoms. The Hall–Kier alpha value is -3.26. The summed E-state index contributed by atoms with van der Waals surface area (Å²) in [5.41, 5.74) is 0.366. The fraction of sp³-hybridized carbons (Fsp3) is 0.125. The van der Waals surface area contributed by atoms with Crippen LogP contribution in [-0.2, 0) is 17.6 Å². The molecule has 1 amide bonds. The maximum Gasteiger partial charge on any atom is 0.418 e. The highest BCUT2D eigenvalue weighted by Gasteiger charge is 2.33. The van der Waals surface area contributed by atoms with E-state index < -0.39 is 17.6 Å². The molecule has 0 aromatic heterocycles. The van der Waals surface area contributed by atoms with E-state index >= 15 is 0 Å². The molecule has 0 spiro atoms. The number of hydrogen-bond donors (Lipinski definition) is 1. The minimum atomic E-state index is -4.57. The van der Waals surface area contributed by atoms with Gasteiger partial charge in [0, 0.05) is 6.08 Å². The van der Waals surface area contributed by atoms with E-state index in [9.17, 15) is 18.0 Å². The molecule has 3 rings (SSSR count). The second-order valence-electron chi connectivity index (χ2n) is 6.67. The number of nitrogens with one attached hydrogen (secondary N) is 1. The minimum absolute atomic E-state index is 0.307. The summed E-state index contributed by atoms with van der Waals surface area (Å²) in [7, 11) is 1.49. The first-order valence-corrected chi connectivity index (χ1v) is 10.3. The van der Waals surface area contributed by atoms with Gasteiger partial charge in [-0.15, -0.1) is 0 Å². The quantitative estimate of drug-likeness (QED) is 0.363. The number of carbonyl (C=O) groups excluding carboxylic acids is 1. The van der Waals surface area contributed by atoms with E-state index in [4.69, 9.17) is 9.47 Å². The fourth-order valence-electron chi connectivity index (χ4n) is 2.89. The normalized spacial score (nSPS) is 11.4. The van der Waals surface area contributed by atoms with Gasteiger partial charge in [-0.3, -0.25) is 4.79 Å². The van der Waals surface area contributed by atoms with Crippen LogP contribution >= 0.6 is 15.9 Å². The highest BCUT2D eigenvalue weighted by molar-refractivity contribution is 9.10. The molecule has 0 atom stereocenters. The van der Waals surface area contributed by atoms with Crippen LogP contribution in [0.5, 0.6) is 11.5 Å². The zero-order valence-corrected chi connectivity index (χ0v) is 18.5. The molecule has 166 valence electrons. The van der Waals surface area contributed by atoms with Crippen molar-refractivity contribution >= 4 is 33.6 Å². The second kappa shape index (κ2) is 10.4. The number of carbonyl (C=O) groups is 1. The molecular weight excluding hydrogens is 487 g/mol. The van der Waals surface area contributed by atoms with Gasteiger partial charge in [0.2, 0.25) is 5.91 Å². The van der Waals surface area contributed by atoms with Crippen molar-refractivity contribution in [1.82, 2.24) is 0 Å². The molecule has 0 fully saturated rings. The third-order valence-electron chi connectivity index (χ3n) is 4.40. The van der Waals surface area contributed by atoms with E-state index in [0.717, 1.165) is 17.7 Å². The lowest BCUT2D eigenvalue weighted by Crippen LogP contribution is -2.14. The van der Waals surface area contributed by atoms with Crippen LogP contribution in [0.4, 0.5) is 18.9 Å². The van der Waals surface area contributed by atoms with E-state index in [1.807, 2.05) is 30.3 Å². The molecule has 0 aliphatic rings. The molecular formula is C24H19BrF3NO3. The van der Waals surface area contributed by atoms with Crippen LogP contribution in [0.3, 0.4) is 0 Å². The monoisotopic (exact) mass is 505 g/mol. The lowest BCUT2D eigenvalue weighted by molar-refractivity contribution is -0.136. The van der Waals surface area contributed by atoms with Gasteiger partial charge in [0.1, 0.15) is 6.61 Å². The first-order chi connectivity index (χ1) is 15.3. The van der Waals surface area contributed by atoms with E-state index in [1.165, 1.54) is 31.4 Å². The van der Waals surface area contributed by atoms with Crippen LogP contribution in [0.15, 0.2) is 77.3 Å². The Bertz CT molecular complexity index is 1120. The summed E-state index contributed by atoms with van der Waals surface area (Å²) in [5.74, 6) is 0.246. The van der Waals surface area contributed by atoms with Gasteiger partial charge in [-0.2, -0.15) is 13.2 Å². The number of halogens is 4. The highest BCUT2D eigenvalue weighted by Crippen LogP contribution is 2.38. The van der Waals surface area contributed by atoms with Crippen LogP contribution in [-0.4, -0.2) is 13.0 Å². The minimum Gasteiger partial charge on any atom is -0.493 e. The van der Waals surface area contributed by atoms with Crippen molar-refractivity contribution in [3.63, 3.8) is 0 Å². The van der Waals surface area contributed by atoms with E-state index in [-0.39, 0.29) is 5.69 Å². The molecule has 4 nitrogen and oxygen atoms in total. The van der Waals surface area contributed by atoms with Crippen molar-refractivity contribution in [2.45, 2.75) is 12.8 Å². The van der Waals surface area contributed by atoms with Crippen molar-refractivity contribution in [3.05, 3.63) is 94.0 Å². The molecule has 0 saturated heterocycles. The van der Waals surface area contributed by atoms with Gasteiger partial charge in [-0.25, -0.2) is 0 Å². The largest absolute Gasteiger partial charge is 0.493 e. The van der Waals surface area contributed by atoms with Crippen LogP contribution in [0, 0.1) is 0 Å². The topological polar surface area (TPSA) is 47.6 Å². The maximum atomic E-state index is 13.1. The third kappa shape index (κ3) is 6.13. The molecule has 3 aromatic carbocycles. The first-order valence-electron chi connectivity index (χ1n) is 9.47. The number of ether oxygens (including phenoxy) is 2. The standard InChI is InChI=1S/C24H19BrF3NO3/c1-31-21-14-17(13-19(25)23(21)32-15-16-7-3-2-4-8-16)11-12-22(30)29-20-10-6-5-9-18(20)24(26,27)28/h2-14H,15H2,1H3,(H,29,30).